The van der Waals surface area contributed by atoms with Gasteiger partial charge in [0.25, 0.3) is 0 Å². The highest BCUT2D eigenvalue weighted by Crippen LogP contribution is 2.42. The Hall–Kier alpha value is -2.17. The molecule has 1 aliphatic heterocycles. The minimum absolute atomic E-state index is 0.422. The number of aromatic nitrogens is 1. The van der Waals surface area contributed by atoms with Crippen molar-refractivity contribution in [3.8, 4) is 0 Å². The monoisotopic (exact) mass is 391 g/mol. The second-order valence-corrected chi connectivity index (χ2v) is 8.99. The van der Waals surface area contributed by atoms with Gasteiger partial charge in [-0.1, -0.05) is 36.4 Å². The average Bonchev–Trinajstić information content (AvgIpc) is 3.44. The molecule has 1 saturated carbocycles. The highest BCUT2D eigenvalue weighted by Gasteiger charge is 2.41. The number of fused-ring (bicyclic) bond motifs is 1. The van der Waals surface area contributed by atoms with E-state index in [1.54, 1.807) is 0 Å². The normalized spacial score (nSPS) is 24.1. The number of nitrogens with one attached hydrogen (secondary N) is 1. The molecule has 2 fully saturated rings. The van der Waals surface area contributed by atoms with Gasteiger partial charge >= 0.3 is 0 Å². The predicted molar refractivity (Wildman–Crippen MR) is 117 cm³/mol. The van der Waals surface area contributed by atoms with E-state index in [1.165, 1.54) is 22.0 Å². The summed E-state index contributed by atoms with van der Waals surface area (Å²) in [5, 5.41) is 4.83. The number of aryl methyl sites for hydroxylation is 1. The molecule has 0 unspecified atom stereocenters. The van der Waals surface area contributed by atoms with Crippen molar-refractivity contribution >= 4 is 10.9 Å². The number of hydrogen-bond acceptors (Lipinski definition) is 2. The van der Waals surface area contributed by atoms with E-state index in [-0.39, 0.29) is 0 Å². The van der Waals surface area contributed by atoms with E-state index in [9.17, 15) is 0 Å². The Kier molecular flexibility index (Phi) is 4.92. The Morgan fingerprint density at radius 1 is 1.07 bits per heavy atom. The minimum Gasteiger partial charge on any atom is -0.351 e. The van der Waals surface area contributed by atoms with Crippen LogP contribution < -0.4 is 5.32 Å². The molecule has 3 aromatic rings. The predicted octanol–water partition coefficient (Wildman–Crippen LogP) is 4.63. The number of hydrogen-bond donors (Lipinski definition) is 1. The second-order valence-electron chi connectivity index (χ2n) is 8.99. The average molecular weight is 392 g/mol. The number of likely N-dealkylation sites (tertiary alicyclic amines) is 1. The van der Waals surface area contributed by atoms with Crippen molar-refractivity contribution in [2.45, 2.75) is 43.4 Å². The molecule has 2 atom stereocenters. The molecule has 0 radical (unpaired) electrons. The molecule has 1 aromatic heterocycles. The van der Waals surface area contributed by atoms with Crippen molar-refractivity contribution in [1.82, 2.24) is 14.8 Å². The summed E-state index contributed by atoms with van der Waals surface area (Å²) in [6.45, 7) is 3.09. The first kappa shape index (κ1) is 18.8. The Balaban J connectivity index is 1.11. The van der Waals surface area contributed by atoms with Crippen molar-refractivity contribution < 1.29 is 4.39 Å². The third-order valence-electron chi connectivity index (χ3n) is 6.81. The first-order chi connectivity index (χ1) is 14.1. The maximum absolute atomic E-state index is 15.3. The van der Waals surface area contributed by atoms with Crippen molar-refractivity contribution in [3.05, 3.63) is 71.9 Å². The summed E-state index contributed by atoms with van der Waals surface area (Å²) in [7, 11) is 2.08. The smallest absolute Gasteiger partial charge is 0.125 e. The van der Waals surface area contributed by atoms with Gasteiger partial charge in [-0.2, -0.15) is 0 Å². The molecule has 1 N–H and O–H groups in total. The molecule has 2 aliphatic rings. The molecular formula is C25H30FN3. The highest BCUT2D eigenvalue weighted by atomic mass is 19.1. The fraction of sp³-hybridized carbons (Fsp3) is 0.440. The largest absolute Gasteiger partial charge is 0.351 e. The first-order valence-corrected chi connectivity index (χ1v) is 10.8. The molecule has 1 saturated heterocycles. The van der Waals surface area contributed by atoms with Crippen molar-refractivity contribution in [2.24, 2.45) is 7.05 Å². The summed E-state index contributed by atoms with van der Waals surface area (Å²) in [5.41, 5.74) is 2.90. The van der Waals surface area contributed by atoms with E-state index in [4.69, 9.17) is 0 Å². The van der Waals surface area contributed by atoms with Gasteiger partial charge in [0.05, 0.1) is 0 Å². The second kappa shape index (κ2) is 7.58. The van der Waals surface area contributed by atoms with Gasteiger partial charge in [0.1, 0.15) is 5.67 Å². The van der Waals surface area contributed by atoms with Crippen LogP contribution in [0.15, 0.2) is 60.8 Å². The van der Waals surface area contributed by atoms with Crippen LogP contribution in [0.2, 0.25) is 0 Å². The van der Waals surface area contributed by atoms with Crippen LogP contribution in [0.3, 0.4) is 0 Å². The van der Waals surface area contributed by atoms with Crippen molar-refractivity contribution in [3.63, 3.8) is 0 Å². The number of piperidine rings is 1. The quantitative estimate of drug-likeness (QED) is 0.661. The molecule has 0 spiro atoms. The van der Waals surface area contributed by atoms with Gasteiger partial charge in [0.15, 0.2) is 0 Å². The van der Waals surface area contributed by atoms with Crippen LogP contribution in [0.1, 0.15) is 36.3 Å². The van der Waals surface area contributed by atoms with E-state index < -0.39 is 5.67 Å². The van der Waals surface area contributed by atoms with Gasteiger partial charge in [0, 0.05) is 56.9 Å². The Morgan fingerprint density at radius 3 is 2.66 bits per heavy atom. The lowest BCUT2D eigenvalue weighted by molar-refractivity contribution is 0.0544. The van der Waals surface area contributed by atoms with E-state index >= 15 is 4.39 Å². The fourth-order valence-electron chi connectivity index (χ4n) is 4.76. The maximum Gasteiger partial charge on any atom is 0.125 e. The van der Waals surface area contributed by atoms with E-state index in [0.29, 0.717) is 31.3 Å². The first-order valence-electron chi connectivity index (χ1n) is 10.8. The summed E-state index contributed by atoms with van der Waals surface area (Å²) < 4.78 is 17.5. The number of alkyl halides is 1. The Morgan fingerprint density at radius 2 is 1.86 bits per heavy atom. The molecule has 2 heterocycles. The van der Waals surface area contributed by atoms with Gasteiger partial charge < -0.3 is 9.88 Å². The van der Waals surface area contributed by atoms with Crippen LogP contribution in [0.25, 0.3) is 10.9 Å². The molecule has 29 heavy (non-hydrogen) atoms. The molecular weight excluding hydrogens is 361 g/mol. The zero-order valence-electron chi connectivity index (χ0n) is 17.2. The summed E-state index contributed by atoms with van der Waals surface area (Å²) in [5.74, 6) is 0.529. The molecule has 0 bridgehead atoms. The van der Waals surface area contributed by atoms with Crippen LogP contribution in [0.4, 0.5) is 4.39 Å². The molecule has 2 aromatic carbocycles. The summed E-state index contributed by atoms with van der Waals surface area (Å²) in [6.07, 6.45) is 4.48. The standard InChI is InChI=1S/C25H30FN3/c1-28-12-9-21-15-20(7-8-24(21)28)22-16-23(22)27-18-25(26)10-13-29(14-11-25)17-19-5-3-2-4-6-19/h2-9,12,15,22-23,27H,10-11,13-14,16-18H2,1H3/t22-,23+/m0/s1. The van der Waals surface area contributed by atoms with Gasteiger partial charge in [-0.3, -0.25) is 4.90 Å². The zero-order chi connectivity index (χ0) is 19.8. The maximum atomic E-state index is 15.3. The number of benzene rings is 2. The zero-order valence-corrected chi connectivity index (χ0v) is 17.2. The summed E-state index contributed by atoms with van der Waals surface area (Å²) in [4.78, 5) is 2.38. The summed E-state index contributed by atoms with van der Waals surface area (Å²) in [6, 6.07) is 19.8. The third kappa shape index (κ3) is 4.10. The summed E-state index contributed by atoms with van der Waals surface area (Å²) >= 11 is 0. The fourth-order valence-corrected chi connectivity index (χ4v) is 4.76. The molecule has 3 nitrogen and oxygen atoms in total. The van der Waals surface area contributed by atoms with E-state index in [0.717, 1.165) is 26.1 Å². The Labute approximate surface area is 172 Å². The number of nitrogens with zero attached hydrogens (tertiary/aromatic N) is 2. The lowest BCUT2D eigenvalue weighted by Gasteiger charge is -2.36. The molecule has 152 valence electrons. The number of rotatable bonds is 6. The van der Waals surface area contributed by atoms with Gasteiger partial charge in [-0.15, -0.1) is 0 Å². The van der Waals surface area contributed by atoms with Crippen LogP contribution >= 0.6 is 0 Å². The van der Waals surface area contributed by atoms with Gasteiger partial charge in [-0.05, 0) is 54.0 Å². The van der Waals surface area contributed by atoms with Crippen LogP contribution in [0.5, 0.6) is 0 Å². The highest BCUT2D eigenvalue weighted by molar-refractivity contribution is 5.81. The van der Waals surface area contributed by atoms with E-state index in [2.05, 4.69) is 76.6 Å². The van der Waals surface area contributed by atoms with Crippen molar-refractivity contribution in [1.29, 1.82) is 0 Å². The SMILES string of the molecule is Cn1ccc2cc([C@@H]3C[C@H]3NCC3(F)CCN(Cc4ccccc4)CC3)ccc21. The topological polar surface area (TPSA) is 20.2 Å². The van der Waals surface area contributed by atoms with Crippen molar-refractivity contribution in [2.75, 3.05) is 19.6 Å². The molecule has 1 aliphatic carbocycles. The molecule has 5 rings (SSSR count). The van der Waals surface area contributed by atoms with Gasteiger partial charge in [0.2, 0.25) is 0 Å². The molecule has 0 amide bonds. The lowest BCUT2D eigenvalue weighted by Crippen LogP contribution is -2.47. The van der Waals surface area contributed by atoms with Crippen LogP contribution in [0, 0.1) is 0 Å². The minimum atomic E-state index is -1.07. The number of halogens is 1. The Bertz CT molecular complexity index is 972. The van der Waals surface area contributed by atoms with Crippen LogP contribution in [-0.4, -0.2) is 40.8 Å². The molecule has 4 heteroatoms. The third-order valence-corrected chi connectivity index (χ3v) is 6.81. The lowest BCUT2D eigenvalue weighted by atomic mass is 9.93. The van der Waals surface area contributed by atoms with Gasteiger partial charge in [-0.25, -0.2) is 4.39 Å². The van der Waals surface area contributed by atoms with Crippen LogP contribution in [-0.2, 0) is 13.6 Å². The van der Waals surface area contributed by atoms with E-state index in [1.807, 2.05) is 6.07 Å².